The summed E-state index contributed by atoms with van der Waals surface area (Å²) in [6.07, 6.45) is 0. The summed E-state index contributed by atoms with van der Waals surface area (Å²) >= 11 is 8.46. The highest BCUT2D eigenvalue weighted by molar-refractivity contribution is 14.1. The topological polar surface area (TPSA) is 38.9 Å². The summed E-state index contributed by atoms with van der Waals surface area (Å²) in [5, 5.41) is 1.64. The second-order valence-corrected chi connectivity index (χ2v) is 6.00. The number of fused-ring (bicyclic) bond motifs is 1. The molecular weight excluding hydrogens is 347 g/mol. The van der Waals surface area contributed by atoms with Gasteiger partial charge >= 0.3 is 0 Å². The summed E-state index contributed by atoms with van der Waals surface area (Å²) in [5.74, 6) is 0.363. The molecule has 0 saturated carbocycles. The number of anilines is 1. The molecular formula is C13H14ClIN2. The Hall–Kier alpha value is -0.550. The van der Waals surface area contributed by atoms with Crippen molar-refractivity contribution in [3.8, 4) is 0 Å². The van der Waals surface area contributed by atoms with Crippen LogP contribution in [-0.2, 0) is 0 Å². The minimum absolute atomic E-state index is 0.363. The Balaban J connectivity index is 2.97. The summed E-state index contributed by atoms with van der Waals surface area (Å²) in [7, 11) is 0. The molecule has 0 fully saturated rings. The molecule has 0 aliphatic heterocycles. The van der Waals surface area contributed by atoms with Crippen LogP contribution in [-0.4, -0.2) is 4.98 Å². The van der Waals surface area contributed by atoms with Gasteiger partial charge in [-0.15, -0.1) is 0 Å². The number of rotatable bonds is 1. The molecule has 1 aromatic heterocycles. The molecule has 0 aliphatic carbocycles. The smallest absolute Gasteiger partial charge is 0.0922 e. The predicted octanol–water partition coefficient (Wildman–Crippen LogP) is 4.51. The van der Waals surface area contributed by atoms with E-state index in [4.69, 9.17) is 17.3 Å². The molecule has 4 heteroatoms. The van der Waals surface area contributed by atoms with Crippen molar-refractivity contribution < 1.29 is 0 Å². The van der Waals surface area contributed by atoms with E-state index in [1.165, 1.54) is 0 Å². The van der Waals surface area contributed by atoms with E-state index in [2.05, 4.69) is 41.4 Å². The molecule has 0 unspecified atom stereocenters. The van der Waals surface area contributed by atoms with Crippen molar-refractivity contribution in [3.05, 3.63) is 32.0 Å². The standard InChI is InChI=1S/C13H14ClIN2/c1-6(2)10-7(3)17-13-8(14)4-5-9(15)11(13)12(10)16/h4-6H,1-3H3,(H2,16,17). The van der Waals surface area contributed by atoms with E-state index >= 15 is 0 Å². The van der Waals surface area contributed by atoms with Crippen LogP contribution in [0.15, 0.2) is 12.1 Å². The van der Waals surface area contributed by atoms with Crippen molar-refractivity contribution in [2.75, 3.05) is 5.73 Å². The van der Waals surface area contributed by atoms with Crippen LogP contribution in [0.4, 0.5) is 5.69 Å². The Morgan fingerprint density at radius 1 is 1.35 bits per heavy atom. The Morgan fingerprint density at radius 2 is 2.00 bits per heavy atom. The van der Waals surface area contributed by atoms with Crippen LogP contribution in [0.5, 0.6) is 0 Å². The van der Waals surface area contributed by atoms with Gasteiger partial charge in [0.25, 0.3) is 0 Å². The van der Waals surface area contributed by atoms with Gasteiger partial charge in [0, 0.05) is 20.3 Å². The highest BCUT2D eigenvalue weighted by atomic mass is 127. The molecule has 90 valence electrons. The van der Waals surface area contributed by atoms with Gasteiger partial charge in [0.05, 0.1) is 10.5 Å². The van der Waals surface area contributed by atoms with Gasteiger partial charge in [0.2, 0.25) is 0 Å². The highest BCUT2D eigenvalue weighted by Gasteiger charge is 2.16. The normalized spacial score (nSPS) is 11.4. The lowest BCUT2D eigenvalue weighted by Gasteiger charge is -2.16. The highest BCUT2D eigenvalue weighted by Crippen LogP contribution is 2.36. The molecule has 2 rings (SSSR count). The molecule has 0 saturated heterocycles. The van der Waals surface area contributed by atoms with Crippen LogP contribution in [0.3, 0.4) is 0 Å². The van der Waals surface area contributed by atoms with Crippen molar-refractivity contribution in [1.82, 2.24) is 4.98 Å². The largest absolute Gasteiger partial charge is 0.398 e. The van der Waals surface area contributed by atoms with E-state index < -0.39 is 0 Å². The van der Waals surface area contributed by atoms with Crippen molar-refractivity contribution in [3.63, 3.8) is 0 Å². The fourth-order valence-electron chi connectivity index (χ4n) is 2.19. The maximum atomic E-state index is 6.29. The summed E-state index contributed by atoms with van der Waals surface area (Å²) in [4.78, 5) is 4.60. The summed E-state index contributed by atoms with van der Waals surface area (Å²) in [5.41, 5.74) is 9.99. The van der Waals surface area contributed by atoms with Crippen LogP contribution in [0.25, 0.3) is 10.9 Å². The zero-order chi connectivity index (χ0) is 12.7. The number of hydrogen-bond acceptors (Lipinski definition) is 2. The van der Waals surface area contributed by atoms with E-state index in [0.717, 1.165) is 31.4 Å². The summed E-state index contributed by atoms with van der Waals surface area (Å²) in [6.45, 7) is 6.24. The molecule has 0 radical (unpaired) electrons. The van der Waals surface area contributed by atoms with Crippen molar-refractivity contribution in [1.29, 1.82) is 0 Å². The zero-order valence-electron chi connectivity index (χ0n) is 10.0. The summed E-state index contributed by atoms with van der Waals surface area (Å²) < 4.78 is 1.09. The maximum Gasteiger partial charge on any atom is 0.0922 e. The molecule has 2 nitrogen and oxygen atoms in total. The van der Waals surface area contributed by atoms with Gasteiger partial charge in [-0.1, -0.05) is 25.4 Å². The molecule has 2 N–H and O–H groups in total. The average molecular weight is 361 g/mol. The Kier molecular flexibility index (Phi) is 3.50. The second kappa shape index (κ2) is 4.61. The number of nitrogens with zero attached hydrogens (tertiary/aromatic N) is 1. The lowest BCUT2D eigenvalue weighted by atomic mass is 9.97. The van der Waals surface area contributed by atoms with E-state index in [0.29, 0.717) is 10.9 Å². The SMILES string of the molecule is Cc1nc2c(Cl)ccc(I)c2c(N)c1C(C)C. The van der Waals surface area contributed by atoms with Gasteiger partial charge in [-0.2, -0.15) is 0 Å². The molecule has 0 amide bonds. The molecule has 1 aromatic carbocycles. The number of pyridine rings is 1. The van der Waals surface area contributed by atoms with Gasteiger partial charge in [-0.25, -0.2) is 0 Å². The number of benzene rings is 1. The van der Waals surface area contributed by atoms with E-state index in [-0.39, 0.29) is 0 Å². The molecule has 1 heterocycles. The maximum absolute atomic E-state index is 6.29. The van der Waals surface area contributed by atoms with E-state index in [1.807, 2.05) is 19.1 Å². The molecule has 0 spiro atoms. The van der Waals surface area contributed by atoms with Crippen molar-refractivity contribution >= 4 is 50.8 Å². The molecule has 0 atom stereocenters. The van der Waals surface area contributed by atoms with Crippen LogP contribution >= 0.6 is 34.2 Å². The lowest BCUT2D eigenvalue weighted by Crippen LogP contribution is -2.04. The predicted molar refractivity (Wildman–Crippen MR) is 82.7 cm³/mol. The molecule has 17 heavy (non-hydrogen) atoms. The first-order valence-corrected chi connectivity index (χ1v) is 6.92. The van der Waals surface area contributed by atoms with Gasteiger partial charge in [-0.05, 0) is 53.1 Å². The number of hydrogen-bond donors (Lipinski definition) is 1. The third kappa shape index (κ3) is 2.10. The summed E-state index contributed by atoms with van der Waals surface area (Å²) in [6, 6.07) is 3.84. The first-order valence-electron chi connectivity index (χ1n) is 5.47. The molecule has 0 bridgehead atoms. The van der Waals surface area contributed by atoms with Gasteiger partial charge in [-0.3, -0.25) is 4.98 Å². The molecule has 2 aromatic rings. The number of nitrogens with two attached hydrogens (primary N) is 1. The first kappa shape index (κ1) is 12.9. The van der Waals surface area contributed by atoms with E-state index in [9.17, 15) is 0 Å². The number of nitrogen functional groups attached to an aromatic ring is 1. The zero-order valence-corrected chi connectivity index (χ0v) is 12.9. The number of halogens is 2. The third-order valence-electron chi connectivity index (χ3n) is 2.88. The van der Waals surface area contributed by atoms with Crippen LogP contribution in [0, 0.1) is 10.5 Å². The Morgan fingerprint density at radius 3 is 2.59 bits per heavy atom. The fraction of sp³-hybridized carbons (Fsp3) is 0.308. The first-order chi connectivity index (χ1) is 7.93. The Labute approximate surface area is 120 Å². The number of aromatic nitrogens is 1. The van der Waals surface area contributed by atoms with Crippen LogP contribution in [0.1, 0.15) is 31.0 Å². The minimum Gasteiger partial charge on any atom is -0.398 e. The van der Waals surface area contributed by atoms with E-state index in [1.54, 1.807) is 0 Å². The quantitative estimate of drug-likeness (QED) is 0.760. The lowest BCUT2D eigenvalue weighted by molar-refractivity contribution is 0.851. The average Bonchev–Trinajstić information content (AvgIpc) is 2.22. The molecule has 0 aliphatic rings. The van der Waals surface area contributed by atoms with Gasteiger partial charge < -0.3 is 5.73 Å². The van der Waals surface area contributed by atoms with Gasteiger partial charge in [0.15, 0.2) is 0 Å². The Bertz CT molecular complexity index is 594. The van der Waals surface area contributed by atoms with Crippen LogP contribution < -0.4 is 5.73 Å². The minimum atomic E-state index is 0.363. The van der Waals surface area contributed by atoms with Gasteiger partial charge in [0.1, 0.15) is 0 Å². The number of aryl methyl sites for hydroxylation is 1. The van der Waals surface area contributed by atoms with Crippen LogP contribution in [0.2, 0.25) is 5.02 Å². The fourth-order valence-corrected chi connectivity index (χ4v) is 3.12. The monoisotopic (exact) mass is 360 g/mol. The van der Waals surface area contributed by atoms with Crippen molar-refractivity contribution in [2.45, 2.75) is 26.7 Å². The van der Waals surface area contributed by atoms with Crippen molar-refractivity contribution in [2.24, 2.45) is 0 Å². The third-order valence-corrected chi connectivity index (χ3v) is 4.09. The second-order valence-electron chi connectivity index (χ2n) is 4.43.